The second kappa shape index (κ2) is 20.1. The number of aliphatic hydroxyl groups is 1. The number of likely N-dealkylation sites (tertiary alicyclic amines) is 1. The number of carbonyl (C=O) groups excluding carboxylic acids is 4. The number of amides is 3. The number of benzene rings is 2. The Hall–Kier alpha value is -5.21. The second-order valence-electron chi connectivity index (χ2n) is 19.6. The summed E-state index contributed by atoms with van der Waals surface area (Å²) < 4.78 is 39.9. The van der Waals surface area contributed by atoms with Crippen molar-refractivity contribution < 1.29 is 42.5 Å². The number of rotatable bonds is 16. The van der Waals surface area contributed by atoms with Crippen LogP contribution >= 0.6 is 11.6 Å². The van der Waals surface area contributed by atoms with E-state index in [1.54, 1.807) is 45.2 Å². The second-order valence-corrected chi connectivity index (χ2v) is 20.0. The van der Waals surface area contributed by atoms with Gasteiger partial charge in [-0.15, -0.1) is 0 Å². The highest BCUT2D eigenvalue weighted by Crippen LogP contribution is 2.61. The first-order valence-electron chi connectivity index (χ1n) is 22.0. The number of nitriles is 1. The molecule has 65 heavy (non-hydrogen) atoms. The molecule has 6 rings (SSSR count). The molecule has 350 valence electrons. The van der Waals surface area contributed by atoms with Crippen LogP contribution in [0, 0.1) is 45.1 Å². The fraction of sp³-hybridized carbons (Fsp3) is 0.542. The Morgan fingerprint density at radius 3 is 2.35 bits per heavy atom. The van der Waals surface area contributed by atoms with E-state index in [4.69, 9.17) is 21.1 Å². The van der Waals surface area contributed by atoms with Gasteiger partial charge in [0.2, 0.25) is 17.7 Å². The van der Waals surface area contributed by atoms with Gasteiger partial charge in [0, 0.05) is 92.9 Å². The van der Waals surface area contributed by atoms with Gasteiger partial charge in [-0.25, -0.2) is 13.8 Å². The van der Waals surface area contributed by atoms with Crippen LogP contribution in [0.2, 0.25) is 5.02 Å². The van der Waals surface area contributed by atoms with Crippen LogP contribution in [-0.2, 0) is 25.7 Å². The van der Waals surface area contributed by atoms with Gasteiger partial charge in [0.15, 0.2) is 5.78 Å². The number of nitrogens with zero attached hydrogens (tertiary/aromatic N) is 5. The molecule has 0 bridgehead atoms. The number of pyridine rings is 1. The predicted molar refractivity (Wildman–Crippen MR) is 240 cm³/mol. The fourth-order valence-corrected chi connectivity index (χ4v) is 9.93. The Bertz CT molecular complexity index is 2260. The van der Waals surface area contributed by atoms with Crippen molar-refractivity contribution >= 4 is 40.9 Å². The maximum absolute atomic E-state index is 14.2. The average Bonchev–Trinajstić information content (AvgIpc) is 3.66. The molecule has 0 unspecified atom stereocenters. The van der Waals surface area contributed by atoms with E-state index in [9.17, 15) is 38.3 Å². The summed E-state index contributed by atoms with van der Waals surface area (Å²) in [6, 6.07) is 11.6. The molecule has 3 fully saturated rings. The van der Waals surface area contributed by atoms with Crippen molar-refractivity contribution in [2.24, 2.45) is 22.2 Å². The molecule has 17 heteroatoms. The van der Waals surface area contributed by atoms with Crippen LogP contribution in [0.15, 0.2) is 54.7 Å². The summed E-state index contributed by atoms with van der Waals surface area (Å²) in [5.41, 5.74) is -0.487. The molecule has 2 aromatic carbocycles. The number of nitrogens with one attached hydrogen (secondary N) is 2. The van der Waals surface area contributed by atoms with E-state index < -0.39 is 53.0 Å². The van der Waals surface area contributed by atoms with Crippen LogP contribution in [-0.4, -0.2) is 120 Å². The highest BCUT2D eigenvalue weighted by Gasteiger charge is 2.63. The van der Waals surface area contributed by atoms with Gasteiger partial charge in [0.1, 0.15) is 54.1 Å². The van der Waals surface area contributed by atoms with Crippen molar-refractivity contribution in [1.82, 2.24) is 25.4 Å². The van der Waals surface area contributed by atoms with Crippen molar-refractivity contribution in [1.29, 1.82) is 5.26 Å². The van der Waals surface area contributed by atoms with Crippen molar-refractivity contribution in [3.63, 3.8) is 0 Å². The number of piperazine rings is 1. The first-order chi connectivity index (χ1) is 30.6. The molecule has 3 aliphatic rings. The van der Waals surface area contributed by atoms with Gasteiger partial charge < -0.3 is 35.0 Å². The molecular weight excluding hydrogens is 860 g/mol. The van der Waals surface area contributed by atoms with Crippen molar-refractivity contribution in [3.05, 3.63) is 88.1 Å². The lowest BCUT2D eigenvalue weighted by molar-refractivity contribution is -0.196. The normalized spacial score (nSPS) is 22.1. The summed E-state index contributed by atoms with van der Waals surface area (Å²) >= 11 is 6.25. The van der Waals surface area contributed by atoms with Crippen molar-refractivity contribution in [2.75, 3.05) is 57.4 Å². The molecule has 3 heterocycles. The first kappa shape index (κ1) is 49.2. The quantitative estimate of drug-likeness (QED) is 0.122. The van der Waals surface area contributed by atoms with Crippen molar-refractivity contribution in [3.8, 4) is 11.8 Å². The summed E-state index contributed by atoms with van der Waals surface area (Å²) in [4.78, 5) is 64.0. The van der Waals surface area contributed by atoms with E-state index in [2.05, 4.69) is 59.2 Å². The van der Waals surface area contributed by atoms with Gasteiger partial charge >= 0.3 is 0 Å². The molecule has 3 aromatic rings. The van der Waals surface area contributed by atoms with E-state index in [0.29, 0.717) is 48.0 Å². The third-order valence-corrected chi connectivity index (χ3v) is 13.5. The lowest BCUT2D eigenvalue weighted by Gasteiger charge is -2.63. The number of hydrogen-bond donors (Lipinski definition) is 3. The monoisotopic (exact) mass is 919 g/mol. The maximum atomic E-state index is 14.2. The number of halogens is 3. The zero-order valence-corrected chi connectivity index (χ0v) is 38.9. The van der Waals surface area contributed by atoms with E-state index in [0.717, 1.165) is 37.1 Å². The maximum Gasteiger partial charge on any atom is 0.246 e. The summed E-state index contributed by atoms with van der Waals surface area (Å²) in [5.74, 6) is -1.60. The third-order valence-electron chi connectivity index (χ3n) is 13.1. The molecule has 2 aliphatic heterocycles. The number of hydrogen-bond acceptors (Lipinski definition) is 11. The Morgan fingerprint density at radius 1 is 1.02 bits per heavy atom. The van der Waals surface area contributed by atoms with Gasteiger partial charge in [0.25, 0.3) is 0 Å². The molecule has 0 radical (unpaired) electrons. The zero-order valence-electron chi connectivity index (χ0n) is 38.1. The topological polar surface area (TPSA) is 177 Å². The van der Waals surface area contributed by atoms with Gasteiger partial charge in [-0.05, 0) is 53.8 Å². The summed E-state index contributed by atoms with van der Waals surface area (Å²) in [7, 11) is 0. The highest BCUT2D eigenvalue weighted by atomic mass is 35.5. The average molecular weight is 920 g/mol. The fourth-order valence-electron chi connectivity index (χ4n) is 9.71. The lowest BCUT2D eigenvalue weighted by Crippen LogP contribution is -2.66. The predicted octanol–water partition coefficient (Wildman–Crippen LogP) is 5.54. The first-order valence-corrected chi connectivity index (χ1v) is 22.4. The molecular formula is C48H60ClF2N7O7. The Morgan fingerprint density at radius 2 is 1.72 bits per heavy atom. The molecule has 1 aliphatic carbocycles. The standard InChI is InChI=1S/C48H60ClF2N7O7/c1-46(2,3)42(44(63)58-27-33(59)21-37(58)43(62)54-26-31-20-32(50)10-12-36(31)51)55-41(61)28-64-19-18-56-14-16-57(17-15-56)40-13-9-30(25-53-40)38(60)23-39-47(4,5)45(48(39,6)7)65-34-11-8-29(24-52)35(49)22-34/h8-13,20,22,25,33,37,39,42,45,59H,14-19,21,23,26-28H2,1-7H3,(H,54,62)(H,55,61)/t33-,37+,39?,42-,45?/m1/s1. The number of anilines is 1. The molecule has 3 amide bonds. The summed E-state index contributed by atoms with van der Waals surface area (Å²) in [6.07, 6.45) is 0.796. The van der Waals surface area contributed by atoms with Gasteiger partial charge in [-0.3, -0.25) is 24.1 Å². The number of Topliss-reactive ketones (excluding diaryl/α,β-unsaturated/α-hetero) is 1. The molecule has 14 nitrogen and oxygen atoms in total. The highest BCUT2D eigenvalue weighted by molar-refractivity contribution is 6.31. The number of ether oxygens (including phenoxy) is 2. The minimum Gasteiger partial charge on any atom is -0.489 e. The minimum absolute atomic E-state index is 0.0218. The van der Waals surface area contributed by atoms with Crippen LogP contribution < -0.4 is 20.3 Å². The van der Waals surface area contributed by atoms with Gasteiger partial charge in [-0.1, -0.05) is 60.1 Å². The third kappa shape index (κ3) is 11.4. The van der Waals surface area contributed by atoms with E-state index in [-0.39, 0.29) is 66.9 Å². The van der Waals surface area contributed by atoms with E-state index in [1.807, 2.05) is 12.1 Å². The summed E-state index contributed by atoms with van der Waals surface area (Å²) in [6.45, 7) is 16.8. The number of aliphatic hydroxyl groups excluding tert-OH is 1. The van der Waals surface area contributed by atoms with E-state index >= 15 is 0 Å². The number of β-amino-alcohol motifs (C(OH)–C–C–N with tert-alkyl or cyclic N) is 1. The molecule has 3 N–H and O–H groups in total. The molecule has 2 saturated heterocycles. The molecule has 1 saturated carbocycles. The van der Waals surface area contributed by atoms with Crippen molar-refractivity contribution in [2.45, 2.75) is 92.1 Å². The zero-order chi connectivity index (χ0) is 47.4. The number of carbonyl (C=O) groups is 4. The SMILES string of the molecule is CC1(C)C(CC(=O)c2ccc(N3CCN(CCOCC(=O)N[C@H](C(=O)N4C[C@H](O)C[C@H]4C(=O)NCc4cc(F)ccc4F)C(C)(C)C)CC3)nc2)C(C)(C)C1Oc1ccc(C#N)c(Cl)c1. The van der Waals surface area contributed by atoms with Gasteiger partial charge in [-0.2, -0.15) is 5.26 Å². The van der Waals surface area contributed by atoms with Crippen LogP contribution in [0.5, 0.6) is 5.75 Å². The summed E-state index contributed by atoms with van der Waals surface area (Å²) in [5, 5.41) is 25.3. The van der Waals surface area contributed by atoms with Crippen LogP contribution in [0.25, 0.3) is 0 Å². The largest absolute Gasteiger partial charge is 0.489 e. The lowest BCUT2D eigenvalue weighted by atomic mass is 9.44. The number of ketones is 1. The van der Waals surface area contributed by atoms with Crippen LogP contribution in [0.3, 0.4) is 0 Å². The van der Waals surface area contributed by atoms with Gasteiger partial charge in [0.05, 0.1) is 23.3 Å². The Kier molecular flexibility index (Phi) is 15.2. The van der Waals surface area contributed by atoms with Crippen LogP contribution in [0.1, 0.15) is 82.8 Å². The smallest absolute Gasteiger partial charge is 0.246 e. The molecule has 1 aromatic heterocycles. The Labute approximate surface area is 384 Å². The number of aromatic nitrogens is 1. The van der Waals surface area contributed by atoms with E-state index in [1.165, 1.54) is 4.90 Å². The Balaban J connectivity index is 0.921. The minimum atomic E-state index is -1.07. The van der Waals surface area contributed by atoms with Crippen LogP contribution in [0.4, 0.5) is 14.6 Å². The molecule has 0 spiro atoms. The molecule has 3 atom stereocenters.